The number of halogens is 1. The van der Waals surface area contributed by atoms with Gasteiger partial charge >= 0.3 is 0 Å². The van der Waals surface area contributed by atoms with Crippen LogP contribution in [0.2, 0.25) is 0 Å². The lowest BCUT2D eigenvalue weighted by molar-refractivity contribution is 0.370. The first-order chi connectivity index (χ1) is 14.4. The highest BCUT2D eigenvalue weighted by Crippen LogP contribution is 2.34. The van der Waals surface area contributed by atoms with Crippen LogP contribution in [0.4, 0.5) is 4.39 Å². The second-order valence-electron chi connectivity index (χ2n) is 7.60. The highest BCUT2D eigenvalue weighted by atomic mass is 32.2. The molecule has 2 aromatic carbocycles. The molecule has 0 saturated heterocycles. The third-order valence-corrected chi connectivity index (χ3v) is 7.40. The Morgan fingerprint density at radius 1 is 1.10 bits per heavy atom. The molecule has 0 unspecified atom stereocenters. The van der Waals surface area contributed by atoms with Crippen molar-refractivity contribution in [2.75, 3.05) is 20.1 Å². The van der Waals surface area contributed by atoms with Crippen molar-refractivity contribution >= 4 is 37.3 Å². The maximum Gasteiger partial charge on any atom is 0.268 e. The molecule has 0 atom stereocenters. The van der Waals surface area contributed by atoms with Gasteiger partial charge in [0.15, 0.2) is 0 Å². The first kappa shape index (κ1) is 19.0. The summed E-state index contributed by atoms with van der Waals surface area (Å²) >= 11 is 0. The highest BCUT2D eigenvalue weighted by molar-refractivity contribution is 7.90. The summed E-state index contributed by atoms with van der Waals surface area (Å²) in [7, 11) is -1.87. The van der Waals surface area contributed by atoms with Gasteiger partial charge < -0.3 is 4.90 Å². The monoisotopic (exact) mass is 421 g/mol. The van der Waals surface area contributed by atoms with Gasteiger partial charge in [-0.3, -0.25) is 4.98 Å². The zero-order valence-corrected chi connectivity index (χ0v) is 17.2. The van der Waals surface area contributed by atoms with Crippen molar-refractivity contribution in [3.63, 3.8) is 0 Å². The quantitative estimate of drug-likeness (QED) is 0.495. The molecule has 1 aliphatic rings. The van der Waals surface area contributed by atoms with E-state index in [0.29, 0.717) is 16.3 Å². The summed E-state index contributed by atoms with van der Waals surface area (Å²) in [5.41, 5.74) is 2.28. The van der Waals surface area contributed by atoms with E-state index < -0.39 is 10.0 Å². The van der Waals surface area contributed by atoms with Crippen LogP contribution < -0.4 is 0 Å². The van der Waals surface area contributed by atoms with Crippen molar-refractivity contribution < 1.29 is 12.8 Å². The van der Waals surface area contributed by atoms with Crippen molar-refractivity contribution in [1.82, 2.24) is 13.9 Å². The molecule has 4 aromatic rings. The number of aromatic nitrogens is 2. The predicted octanol–water partition coefficient (Wildman–Crippen LogP) is 4.28. The van der Waals surface area contributed by atoms with Crippen molar-refractivity contribution in [3.05, 3.63) is 78.5 Å². The first-order valence-corrected chi connectivity index (χ1v) is 11.2. The molecule has 152 valence electrons. The molecule has 0 spiro atoms. The van der Waals surface area contributed by atoms with Crippen LogP contribution in [0, 0.1) is 5.82 Å². The molecule has 1 aliphatic heterocycles. The van der Waals surface area contributed by atoms with Gasteiger partial charge in [-0.1, -0.05) is 18.2 Å². The van der Waals surface area contributed by atoms with E-state index in [-0.39, 0.29) is 10.7 Å². The van der Waals surface area contributed by atoms with E-state index in [9.17, 15) is 12.8 Å². The molecule has 5 nitrogen and oxygen atoms in total. The summed E-state index contributed by atoms with van der Waals surface area (Å²) in [6, 6.07) is 11.1. The zero-order chi connectivity index (χ0) is 20.9. The van der Waals surface area contributed by atoms with Crippen molar-refractivity contribution in [2.24, 2.45) is 0 Å². The van der Waals surface area contributed by atoms with Gasteiger partial charge in [0.2, 0.25) is 0 Å². The van der Waals surface area contributed by atoms with Crippen molar-refractivity contribution in [3.8, 4) is 0 Å². The Balaban J connectivity index is 1.77. The minimum Gasteiger partial charge on any atom is -0.302 e. The van der Waals surface area contributed by atoms with E-state index in [0.717, 1.165) is 36.0 Å². The fourth-order valence-electron chi connectivity index (χ4n) is 4.07. The average Bonchev–Trinajstić information content (AvgIpc) is 3.13. The van der Waals surface area contributed by atoms with E-state index in [4.69, 9.17) is 0 Å². The summed E-state index contributed by atoms with van der Waals surface area (Å²) in [6.07, 6.45) is 7.73. The Kier molecular flexibility index (Phi) is 4.45. The van der Waals surface area contributed by atoms with Crippen LogP contribution in [0.3, 0.4) is 0 Å². The SMILES string of the molecule is CN1CC=C(c2cn(S(=O)(=O)c3cccc4cnccc34)c3ccc(F)cc23)CC1. The molecule has 0 radical (unpaired) electrons. The summed E-state index contributed by atoms with van der Waals surface area (Å²) in [4.78, 5) is 6.47. The van der Waals surface area contributed by atoms with E-state index >= 15 is 0 Å². The molecule has 5 rings (SSSR count). The van der Waals surface area contributed by atoms with Crippen LogP contribution in [0.25, 0.3) is 27.2 Å². The molecule has 3 heterocycles. The Hall–Kier alpha value is -3.03. The van der Waals surface area contributed by atoms with Gasteiger partial charge in [-0.05, 0) is 49.4 Å². The lowest BCUT2D eigenvalue weighted by Gasteiger charge is -2.21. The number of rotatable bonds is 3. The Labute approximate surface area is 174 Å². The summed E-state index contributed by atoms with van der Waals surface area (Å²) in [5.74, 6) is -0.385. The number of likely N-dealkylation sites (N-methyl/N-ethyl adjacent to an activating group) is 1. The number of benzene rings is 2. The number of hydrogen-bond acceptors (Lipinski definition) is 4. The molecule has 0 aliphatic carbocycles. The van der Waals surface area contributed by atoms with Gasteiger partial charge in [0.25, 0.3) is 10.0 Å². The smallest absolute Gasteiger partial charge is 0.268 e. The molecule has 0 bridgehead atoms. The predicted molar refractivity (Wildman–Crippen MR) is 116 cm³/mol. The lowest BCUT2D eigenvalue weighted by Crippen LogP contribution is -2.23. The topological polar surface area (TPSA) is 55.2 Å². The number of fused-ring (bicyclic) bond motifs is 2. The van der Waals surface area contributed by atoms with Gasteiger partial charge in [-0.15, -0.1) is 0 Å². The minimum absolute atomic E-state index is 0.201. The van der Waals surface area contributed by atoms with Gasteiger partial charge in [-0.2, -0.15) is 0 Å². The Bertz CT molecular complexity index is 1420. The summed E-state index contributed by atoms with van der Waals surface area (Å²) < 4.78 is 42.8. The molecule has 0 saturated carbocycles. The zero-order valence-electron chi connectivity index (χ0n) is 16.4. The molecule has 0 fully saturated rings. The van der Waals surface area contributed by atoms with E-state index in [1.807, 2.05) is 13.1 Å². The van der Waals surface area contributed by atoms with Gasteiger partial charge in [-0.25, -0.2) is 16.8 Å². The standard InChI is InChI=1S/C23H20FN3O2S/c1-26-11-8-16(9-12-26)21-15-27(22-6-5-18(24)13-20(21)22)30(28,29)23-4-2-3-17-14-25-10-7-19(17)23/h2-8,10,13-15H,9,11-12H2,1H3. The van der Waals surface area contributed by atoms with Crippen LogP contribution in [0.15, 0.2) is 72.0 Å². The van der Waals surface area contributed by atoms with Crippen LogP contribution in [0.5, 0.6) is 0 Å². The van der Waals surface area contributed by atoms with E-state index in [1.54, 1.807) is 36.8 Å². The van der Waals surface area contributed by atoms with Crippen LogP contribution in [-0.4, -0.2) is 42.4 Å². The van der Waals surface area contributed by atoms with Gasteiger partial charge in [0.05, 0.1) is 10.4 Å². The molecular formula is C23H20FN3O2S. The van der Waals surface area contributed by atoms with Crippen molar-refractivity contribution in [1.29, 1.82) is 0 Å². The van der Waals surface area contributed by atoms with Crippen LogP contribution >= 0.6 is 0 Å². The summed E-state index contributed by atoms with van der Waals surface area (Å²) in [5, 5.41) is 1.96. The Morgan fingerprint density at radius 2 is 1.97 bits per heavy atom. The number of pyridine rings is 1. The lowest BCUT2D eigenvalue weighted by atomic mass is 9.99. The number of hydrogen-bond donors (Lipinski definition) is 0. The number of nitrogens with zero attached hydrogens (tertiary/aromatic N) is 3. The molecule has 30 heavy (non-hydrogen) atoms. The minimum atomic E-state index is -3.90. The maximum absolute atomic E-state index is 14.1. The molecule has 0 amide bonds. The van der Waals surface area contributed by atoms with Gasteiger partial charge in [0, 0.05) is 53.4 Å². The normalized spacial score (nSPS) is 15.6. The molecular weight excluding hydrogens is 401 g/mol. The largest absolute Gasteiger partial charge is 0.302 e. The second kappa shape index (κ2) is 7.04. The maximum atomic E-state index is 14.1. The summed E-state index contributed by atoms with van der Waals surface area (Å²) in [6.45, 7) is 1.65. The van der Waals surface area contributed by atoms with E-state index in [1.165, 1.54) is 22.2 Å². The molecule has 7 heteroatoms. The fourth-order valence-corrected chi connectivity index (χ4v) is 5.65. The Morgan fingerprint density at radius 3 is 2.77 bits per heavy atom. The van der Waals surface area contributed by atoms with Crippen molar-refractivity contribution in [2.45, 2.75) is 11.3 Å². The second-order valence-corrected chi connectivity index (χ2v) is 9.38. The highest BCUT2D eigenvalue weighted by Gasteiger charge is 2.25. The van der Waals surface area contributed by atoms with Gasteiger partial charge in [0.1, 0.15) is 5.82 Å². The van der Waals surface area contributed by atoms with Crippen LogP contribution in [0.1, 0.15) is 12.0 Å². The molecule has 0 N–H and O–H groups in total. The first-order valence-electron chi connectivity index (χ1n) is 9.72. The average molecular weight is 421 g/mol. The third kappa shape index (κ3) is 3.02. The molecule has 2 aromatic heterocycles. The van der Waals surface area contributed by atoms with E-state index in [2.05, 4.69) is 16.0 Å². The van der Waals surface area contributed by atoms with Crippen LogP contribution in [-0.2, 0) is 10.0 Å². The fraction of sp³-hybridized carbons (Fsp3) is 0.174. The third-order valence-electron chi connectivity index (χ3n) is 5.67.